The third-order valence-corrected chi connectivity index (χ3v) is 7.56. The van der Waals surface area contributed by atoms with E-state index < -0.39 is 30.0 Å². The summed E-state index contributed by atoms with van der Waals surface area (Å²) >= 11 is 0. The van der Waals surface area contributed by atoms with Gasteiger partial charge in [-0.1, -0.05) is 36.4 Å². The van der Waals surface area contributed by atoms with Crippen molar-refractivity contribution in [3.8, 4) is 5.75 Å². The van der Waals surface area contributed by atoms with Crippen LogP contribution in [0.5, 0.6) is 5.75 Å². The fourth-order valence-corrected chi connectivity index (χ4v) is 5.33. The Bertz CT molecular complexity index is 1120. The lowest BCUT2D eigenvalue weighted by molar-refractivity contribution is -0.146. The highest BCUT2D eigenvalue weighted by Crippen LogP contribution is 2.22. The summed E-state index contributed by atoms with van der Waals surface area (Å²) in [5.41, 5.74) is 1.52. The summed E-state index contributed by atoms with van der Waals surface area (Å²) in [6, 6.07) is 12.4. The average molecular weight is 523 g/mol. The topological polar surface area (TPSA) is 122 Å². The number of phenols is 1. The number of nitrogens with zero attached hydrogens (tertiary/aromatic N) is 2. The second-order valence-corrected chi connectivity index (χ2v) is 10.2. The van der Waals surface area contributed by atoms with Gasteiger partial charge in [-0.3, -0.25) is 14.4 Å². The van der Waals surface area contributed by atoms with Crippen molar-refractivity contribution >= 4 is 17.7 Å². The lowest BCUT2D eigenvalue weighted by Gasteiger charge is -2.30. The molecule has 0 spiro atoms. The van der Waals surface area contributed by atoms with Crippen LogP contribution in [-0.2, 0) is 16.0 Å². The van der Waals surface area contributed by atoms with Crippen molar-refractivity contribution in [1.29, 1.82) is 0 Å². The Morgan fingerprint density at radius 3 is 2.47 bits per heavy atom. The second kappa shape index (κ2) is 12.9. The highest BCUT2D eigenvalue weighted by molar-refractivity contribution is 5.97. The molecule has 0 aliphatic carbocycles. The van der Waals surface area contributed by atoms with Gasteiger partial charge in [0.2, 0.25) is 5.91 Å². The Hall–Kier alpha value is -3.43. The Morgan fingerprint density at radius 1 is 1.00 bits per heavy atom. The molecule has 4 rings (SSSR count). The Labute approximate surface area is 223 Å². The number of hydrogen-bond donors (Lipinski definition) is 4. The van der Waals surface area contributed by atoms with E-state index in [4.69, 9.17) is 0 Å². The molecular formula is C29H38N4O5. The van der Waals surface area contributed by atoms with Crippen LogP contribution in [0, 0.1) is 6.92 Å². The zero-order chi connectivity index (χ0) is 27.1. The number of aliphatic hydroxyl groups excluding tert-OH is 1. The van der Waals surface area contributed by atoms with Gasteiger partial charge in [0.1, 0.15) is 11.8 Å². The van der Waals surface area contributed by atoms with Crippen molar-refractivity contribution in [2.45, 2.75) is 57.2 Å². The smallest absolute Gasteiger partial charge is 0.254 e. The van der Waals surface area contributed by atoms with Gasteiger partial charge in [0, 0.05) is 30.8 Å². The first kappa shape index (κ1) is 27.6. The number of carbonyl (C=O) groups excluding carboxylic acids is 3. The van der Waals surface area contributed by atoms with Gasteiger partial charge in [-0.05, 0) is 69.8 Å². The van der Waals surface area contributed by atoms with Gasteiger partial charge in [-0.15, -0.1) is 0 Å². The van der Waals surface area contributed by atoms with Crippen LogP contribution in [0.25, 0.3) is 0 Å². The third kappa shape index (κ3) is 6.71. The minimum absolute atomic E-state index is 0.00969. The van der Waals surface area contributed by atoms with Gasteiger partial charge in [-0.2, -0.15) is 0 Å². The lowest BCUT2D eigenvalue weighted by Crippen LogP contribution is -2.56. The molecule has 204 valence electrons. The minimum Gasteiger partial charge on any atom is -0.508 e. The minimum atomic E-state index is -1.55. The first-order valence-corrected chi connectivity index (χ1v) is 13.5. The Kier molecular flexibility index (Phi) is 9.36. The quantitative estimate of drug-likeness (QED) is 0.376. The SMILES string of the molecule is Cc1c(O)cccc1C(=O)N[C@@H](Cc1ccccc1)[C@H](O)C(=O)N1CCC[C@H]1C(=O)NCCN1CCCC1. The molecule has 3 atom stereocenters. The van der Waals surface area contributed by atoms with Crippen LogP contribution < -0.4 is 10.6 Å². The molecule has 2 fully saturated rings. The van der Waals surface area contributed by atoms with Crippen LogP contribution in [0.4, 0.5) is 0 Å². The molecule has 2 aliphatic heterocycles. The molecule has 9 heteroatoms. The van der Waals surface area contributed by atoms with Gasteiger partial charge in [0.25, 0.3) is 11.8 Å². The van der Waals surface area contributed by atoms with Crippen LogP contribution in [0.3, 0.4) is 0 Å². The number of nitrogens with one attached hydrogen (secondary N) is 2. The van der Waals surface area contributed by atoms with E-state index >= 15 is 0 Å². The number of likely N-dealkylation sites (tertiary alicyclic amines) is 2. The number of benzene rings is 2. The van der Waals surface area contributed by atoms with Crippen molar-refractivity contribution < 1.29 is 24.6 Å². The van der Waals surface area contributed by atoms with Crippen LogP contribution in [-0.4, -0.2) is 88.6 Å². The maximum atomic E-state index is 13.5. The van der Waals surface area contributed by atoms with Crippen LogP contribution >= 0.6 is 0 Å². The number of aliphatic hydroxyl groups is 1. The maximum absolute atomic E-state index is 13.5. The number of aromatic hydroxyl groups is 1. The van der Waals surface area contributed by atoms with Crippen molar-refractivity contribution in [2.24, 2.45) is 0 Å². The average Bonchev–Trinajstić information content (AvgIpc) is 3.62. The number of phenolic OH excluding ortho intramolecular Hbond substituents is 1. The van der Waals surface area contributed by atoms with E-state index in [-0.39, 0.29) is 23.6 Å². The highest BCUT2D eigenvalue weighted by atomic mass is 16.3. The Balaban J connectivity index is 1.45. The molecule has 9 nitrogen and oxygen atoms in total. The molecule has 2 aliphatic rings. The van der Waals surface area contributed by atoms with Crippen molar-refractivity contribution in [3.63, 3.8) is 0 Å². The number of amides is 3. The molecule has 0 aromatic heterocycles. The van der Waals surface area contributed by atoms with Gasteiger partial charge < -0.3 is 30.6 Å². The van der Waals surface area contributed by atoms with Crippen LogP contribution in [0.2, 0.25) is 0 Å². The first-order valence-electron chi connectivity index (χ1n) is 13.5. The molecule has 2 heterocycles. The molecule has 2 aromatic rings. The van der Waals surface area contributed by atoms with E-state index in [1.54, 1.807) is 19.1 Å². The van der Waals surface area contributed by atoms with Gasteiger partial charge in [0.15, 0.2) is 6.10 Å². The predicted octanol–water partition coefficient (Wildman–Crippen LogP) is 1.61. The molecule has 2 aromatic carbocycles. The molecule has 0 unspecified atom stereocenters. The summed E-state index contributed by atoms with van der Waals surface area (Å²) in [5, 5.41) is 27.0. The molecule has 38 heavy (non-hydrogen) atoms. The fraction of sp³-hybridized carbons (Fsp3) is 0.483. The largest absolute Gasteiger partial charge is 0.508 e. The zero-order valence-electron chi connectivity index (χ0n) is 21.9. The lowest BCUT2D eigenvalue weighted by atomic mass is 9.98. The zero-order valence-corrected chi connectivity index (χ0v) is 21.9. The summed E-state index contributed by atoms with van der Waals surface area (Å²) < 4.78 is 0. The van der Waals surface area contributed by atoms with Crippen molar-refractivity contribution in [3.05, 3.63) is 65.2 Å². The molecule has 3 amide bonds. The fourth-order valence-electron chi connectivity index (χ4n) is 5.33. The van der Waals surface area contributed by atoms with E-state index in [0.29, 0.717) is 31.5 Å². The van der Waals surface area contributed by atoms with E-state index in [1.807, 2.05) is 30.3 Å². The number of hydrogen-bond acceptors (Lipinski definition) is 6. The summed E-state index contributed by atoms with van der Waals surface area (Å²) in [4.78, 5) is 43.4. The first-order chi connectivity index (χ1) is 18.3. The molecular weight excluding hydrogens is 484 g/mol. The van der Waals surface area contributed by atoms with Gasteiger partial charge in [0.05, 0.1) is 6.04 Å². The van der Waals surface area contributed by atoms with Gasteiger partial charge in [-0.25, -0.2) is 0 Å². The maximum Gasteiger partial charge on any atom is 0.254 e. The van der Waals surface area contributed by atoms with E-state index in [2.05, 4.69) is 15.5 Å². The number of carbonyl (C=O) groups is 3. The molecule has 0 saturated carbocycles. The third-order valence-electron chi connectivity index (χ3n) is 7.56. The summed E-state index contributed by atoms with van der Waals surface area (Å²) in [5.74, 6) is -1.29. The van der Waals surface area contributed by atoms with E-state index in [0.717, 1.165) is 25.2 Å². The molecule has 4 N–H and O–H groups in total. The Morgan fingerprint density at radius 2 is 1.74 bits per heavy atom. The second-order valence-electron chi connectivity index (χ2n) is 10.2. The molecule has 0 radical (unpaired) electrons. The molecule has 0 bridgehead atoms. The van der Waals surface area contributed by atoms with Crippen molar-refractivity contribution in [1.82, 2.24) is 20.4 Å². The monoisotopic (exact) mass is 522 g/mol. The summed E-state index contributed by atoms with van der Waals surface area (Å²) in [6.07, 6.45) is 2.24. The van der Waals surface area contributed by atoms with E-state index in [9.17, 15) is 24.6 Å². The summed E-state index contributed by atoms with van der Waals surface area (Å²) in [6.45, 7) is 5.41. The summed E-state index contributed by atoms with van der Waals surface area (Å²) in [7, 11) is 0. The van der Waals surface area contributed by atoms with E-state index in [1.165, 1.54) is 23.8 Å². The van der Waals surface area contributed by atoms with Crippen LogP contribution in [0.15, 0.2) is 48.5 Å². The van der Waals surface area contributed by atoms with Crippen molar-refractivity contribution in [2.75, 3.05) is 32.7 Å². The molecule has 2 saturated heterocycles. The normalized spacial score (nSPS) is 19.2. The number of rotatable bonds is 10. The van der Waals surface area contributed by atoms with Crippen LogP contribution in [0.1, 0.15) is 47.2 Å². The standard InChI is InChI=1S/C29H38N4O5/c1-20-22(11-7-13-25(20)34)27(36)31-23(19-21-9-3-2-4-10-21)26(35)29(38)33-17-8-12-24(33)28(37)30-14-18-32-15-5-6-16-32/h2-4,7,9-11,13,23-24,26,34-35H,5-6,8,12,14-19H2,1H3,(H,30,37)(H,31,36)/t23-,24-,26-/m0/s1. The van der Waals surface area contributed by atoms with Gasteiger partial charge >= 0.3 is 0 Å². The predicted molar refractivity (Wildman–Crippen MR) is 144 cm³/mol. The highest BCUT2D eigenvalue weighted by Gasteiger charge is 2.39.